The van der Waals surface area contributed by atoms with Crippen molar-refractivity contribution in [2.75, 3.05) is 0 Å². The Kier molecular flexibility index (Phi) is 12.1. The number of para-hydroxylation sites is 2. The van der Waals surface area contributed by atoms with Gasteiger partial charge >= 0.3 is 0 Å². The van der Waals surface area contributed by atoms with E-state index in [1.807, 2.05) is 36.4 Å². The quantitative estimate of drug-likeness (QED) is 0.136. The number of aryl methyl sites for hydroxylation is 6. The number of benzene rings is 6. The molecule has 0 radical (unpaired) electrons. The van der Waals surface area contributed by atoms with Crippen molar-refractivity contribution in [3.05, 3.63) is 141 Å². The topological polar surface area (TPSA) is 58.9 Å². The maximum absolute atomic E-state index is 12.4. The monoisotopic (exact) mass is 879 g/mol. The van der Waals surface area contributed by atoms with Crippen LogP contribution in [0.15, 0.2) is 84.9 Å². The lowest BCUT2D eigenvalue weighted by molar-refractivity contribution is 0.0457. The van der Waals surface area contributed by atoms with Gasteiger partial charge in [0.05, 0.1) is 0 Å². The number of hydrogen-bond donors (Lipinski definition) is 2. The van der Waals surface area contributed by atoms with Crippen LogP contribution in [-0.2, 0) is 51.4 Å². The van der Waals surface area contributed by atoms with E-state index in [9.17, 15) is 10.2 Å². The maximum Gasteiger partial charge on any atom is 0.131 e. The largest absolute Gasteiger partial charge is 0.507 e. The van der Waals surface area contributed by atoms with Crippen molar-refractivity contribution in [1.82, 2.24) is 0 Å². The van der Waals surface area contributed by atoms with E-state index in [4.69, 9.17) is 9.47 Å². The van der Waals surface area contributed by atoms with Gasteiger partial charge < -0.3 is 19.7 Å². The van der Waals surface area contributed by atoms with E-state index in [0.717, 1.165) is 120 Å². The molecule has 0 saturated carbocycles. The molecule has 4 nitrogen and oxygen atoms in total. The van der Waals surface area contributed by atoms with Crippen LogP contribution in [-0.4, -0.2) is 21.4 Å². The summed E-state index contributed by atoms with van der Waals surface area (Å²) < 4.78 is 14.0. The van der Waals surface area contributed by atoms with Gasteiger partial charge in [0.2, 0.25) is 0 Å². The second kappa shape index (κ2) is 18.0. The van der Waals surface area contributed by atoms with Gasteiger partial charge in [0.25, 0.3) is 0 Å². The fourth-order valence-corrected chi connectivity index (χ4v) is 12.1. The van der Waals surface area contributed by atoms with E-state index < -0.39 is 11.2 Å². The Morgan fingerprint density at radius 3 is 1.05 bits per heavy atom. The zero-order valence-electron chi connectivity index (χ0n) is 40.5. The second-order valence-corrected chi connectivity index (χ2v) is 21.5. The van der Waals surface area contributed by atoms with Crippen LogP contribution in [0, 0.1) is 13.8 Å². The number of rotatable bonds is 11. The average Bonchev–Trinajstić information content (AvgIpc) is 3.31. The summed E-state index contributed by atoms with van der Waals surface area (Å²) in [5.41, 5.74) is 21.0. The second-order valence-electron chi connectivity index (χ2n) is 21.5. The van der Waals surface area contributed by atoms with Crippen LogP contribution in [0.2, 0.25) is 0 Å². The summed E-state index contributed by atoms with van der Waals surface area (Å²) >= 11 is 0. The molecule has 4 aliphatic rings. The normalized spacial score (nSPS) is 15.9. The highest BCUT2D eigenvalue weighted by Crippen LogP contribution is 2.50. The molecule has 4 heteroatoms. The molecular formula is C62H70O4. The van der Waals surface area contributed by atoms with E-state index in [1.165, 1.54) is 107 Å². The molecule has 4 aliphatic carbocycles. The summed E-state index contributed by atoms with van der Waals surface area (Å²) in [6.45, 7) is 12.9. The Morgan fingerprint density at radius 2 is 0.697 bits per heavy atom. The van der Waals surface area contributed by atoms with Crippen LogP contribution >= 0.6 is 0 Å². The molecule has 10 rings (SSSR count). The third kappa shape index (κ3) is 8.66. The standard InChI is InChI=1S/C62H70O4/c1-39-33-51(59(63)53(35-39)57-45-23-11-7-19-41(45)37-42-20-8-12-24-46(42)57)49-27-15-17-29-55(49)65-61(3,4)31-32-62(5,6)66-56-30-18-16-28-50(56)52-34-40(2)36-54(60(52)64)58-47-25-13-9-21-43(47)38-44-22-10-14-26-48(44)58/h15-18,27-30,33-38,63-64H,7-14,19-26,31-32H2,1-6H3. The molecule has 0 amide bonds. The zero-order chi connectivity index (χ0) is 45.7. The predicted molar refractivity (Wildman–Crippen MR) is 273 cm³/mol. The average molecular weight is 879 g/mol. The van der Waals surface area contributed by atoms with Gasteiger partial charge in [-0.25, -0.2) is 0 Å². The molecule has 0 heterocycles. The van der Waals surface area contributed by atoms with Gasteiger partial charge in [-0.05, 0) is 260 Å². The molecule has 0 saturated heterocycles. The van der Waals surface area contributed by atoms with E-state index in [0.29, 0.717) is 11.5 Å². The zero-order valence-corrected chi connectivity index (χ0v) is 40.5. The Morgan fingerprint density at radius 1 is 0.394 bits per heavy atom. The minimum Gasteiger partial charge on any atom is -0.507 e. The Labute approximate surface area is 394 Å². The highest BCUT2D eigenvalue weighted by molar-refractivity contribution is 5.90. The molecule has 6 aromatic rings. The highest BCUT2D eigenvalue weighted by atomic mass is 16.5. The van der Waals surface area contributed by atoms with Gasteiger partial charge in [-0.1, -0.05) is 48.5 Å². The molecule has 0 aromatic heterocycles. The Balaban J connectivity index is 0.915. The SMILES string of the molecule is Cc1cc(-c2ccccc2OC(C)(C)CCC(C)(C)Oc2ccccc2-c2cc(C)cc(-c3c4c(cc5c3CCCC5)CCCC4)c2O)c(O)c(-c2c3c(cc4c2CCCC4)CCCC3)c1. The molecule has 0 unspecified atom stereocenters. The molecule has 6 aromatic carbocycles. The fourth-order valence-electron chi connectivity index (χ4n) is 12.1. The van der Waals surface area contributed by atoms with Crippen LogP contribution < -0.4 is 9.47 Å². The number of phenolic OH excluding ortho intramolecular Hbond substituents is 2. The van der Waals surface area contributed by atoms with Crippen molar-refractivity contribution >= 4 is 0 Å². The van der Waals surface area contributed by atoms with E-state index in [-0.39, 0.29) is 0 Å². The van der Waals surface area contributed by atoms with Gasteiger partial charge in [0.15, 0.2) is 0 Å². The van der Waals surface area contributed by atoms with Crippen molar-refractivity contribution in [2.45, 2.75) is 168 Å². The minimum absolute atomic E-state index is 0.351. The molecule has 0 atom stereocenters. The predicted octanol–water partition coefficient (Wildman–Crippen LogP) is 15.7. The van der Waals surface area contributed by atoms with Crippen LogP contribution in [0.3, 0.4) is 0 Å². The van der Waals surface area contributed by atoms with E-state index in [2.05, 4.69) is 90.1 Å². The minimum atomic E-state index is -0.548. The van der Waals surface area contributed by atoms with Crippen molar-refractivity contribution < 1.29 is 19.7 Å². The van der Waals surface area contributed by atoms with Crippen LogP contribution in [0.25, 0.3) is 44.5 Å². The highest BCUT2D eigenvalue weighted by Gasteiger charge is 2.32. The summed E-state index contributed by atoms with van der Waals surface area (Å²) in [7, 11) is 0. The van der Waals surface area contributed by atoms with Crippen LogP contribution in [0.4, 0.5) is 0 Å². The third-order valence-electron chi connectivity index (χ3n) is 15.4. The number of hydrogen-bond acceptors (Lipinski definition) is 4. The lowest BCUT2D eigenvalue weighted by Crippen LogP contribution is -2.35. The van der Waals surface area contributed by atoms with Gasteiger partial charge in [-0.15, -0.1) is 0 Å². The number of phenols is 2. The molecule has 342 valence electrons. The Hall–Kier alpha value is -5.48. The first-order chi connectivity index (χ1) is 31.8. The van der Waals surface area contributed by atoms with Gasteiger partial charge in [-0.2, -0.15) is 0 Å². The Bertz CT molecular complexity index is 2560. The van der Waals surface area contributed by atoms with Crippen molar-refractivity contribution in [1.29, 1.82) is 0 Å². The maximum atomic E-state index is 12.4. The van der Waals surface area contributed by atoms with Crippen molar-refractivity contribution in [2.24, 2.45) is 0 Å². The summed E-state index contributed by atoms with van der Waals surface area (Å²) in [6.07, 6.45) is 20.0. The summed E-state index contributed by atoms with van der Waals surface area (Å²) in [5.74, 6) is 2.23. The smallest absolute Gasteiger partial charge is 0.131 e. The van der Waals surface area contributed by atoms with E-state index >= 15 is 0 Å². The first kappa shape index (κ1) is 44.4. The third-order valence-corrected chi connectivity index (χ3v) is 15.4. The first-order valence-corrected chi connectivity index (χ1v) is 25.4. The van der Waals surface area contributed by atoms with Gasteiger partial charge in [0, 0.05) is 33.4 Å². The molecular weight excluding hydrogens is 809 g/mol. The molecule has 0 fully saturated rings. The first-order valence-electron chi connectivity index (χ1n) is 25.4. The molecule has 0 bridgehead atoms. The summed E-state index contributed by atoms with van der Waals surface area (Å²) in [5, 5.41) is 24.8. The van der Waals surface area contributed by atoms with E-state index in [1.54, 1.807) is 0 Å². The van der Waals surface area contributed by atoms with Gasteiger partial charge in [-0.3, -0.25) is 0 Å². The summed E-state index contributed by atoms with van der Waals surface area (Å²) in [6, 6.07) is 30.1. The molecule has 2 N–H and O–H groups in total. The fraction of sp³-hybridized carbons (Fsp3) is 0.419. The summed E-state index contributed by atoms with van der Waals surface area (Å²) in [4.78, 5) is 0. The lowest BCUT2D eigenvalue weighted by Gasteiger charge is -2.33. The number of fused-ring (bicyclic) bond motifs is 4. The van der Waals surface area contributed by atoms with Crippen molar-refractivity contribution in [3.63, 3.8) is 0 Å². The van der Waals surface area contributed by atoms with Crippen LogP contribution in [0.5, 0.6) is 23.0 Å². The lowest BCUT2D eigenvalue weighted by atomic mass is 9.76. The number of ether oxygens (including phenoxy) is 2. The molecule has 0 spiro atoms. The van der Waals surface area contributed by atoms with Crippen LogP contribution in [0.1, 0.15) is 148 Å². The molecule has 0 aliphatic heterocycles. The number of aromatic hydroxyl groups is 2. The van der Waals surface area contributed by atoms with Gasteiger partial charge in [0.1, 0.15) is 34.2 Å². The van der Waals surface area contributed by atoms with Crippen molar-refractivity contribution in [3.8, 4) is 67.5 Å². The molecule has 66 heavy (non-hydrogen) atoms.